The Morgan fingerprint density at radius 3 is 1.78 bits per heavy atom. The predicted molar refractivity (Wildman–Crippen MR) is 198 cm³/mol. The lowest BCUT2D eigenvalue weighted by Gasteiger charge is -2.39. The molecule has 46 heavy (non-hydrogen) atoms. The van der Waals surface area contributed by atoms with E-state index in [9.17, 15) is 0 Å². The van der Waals surface area contributed by atoms with Crippen LogP contribution < -0.4 is 4.90 Å². The molecule has 1 nitrogen and oxygen atoms in total. The van der Waals surface area contributed by atoms with E-state index < -0.39 is 10.0 Å². The molecule has 7 aromatic carbocycles. The summed E-state index contributed by atoms with van der Waals surface area (Å²) in [6.07, 6.45) is 0. The second kappa shape index (κ2) is 10.9. The summed E-state index contributed by atoms with van der Waals surface area (Å²) in [5, 5.41) is 3.35. The first-order valence-corrected chi connectivity index (χ1v) is 18.2. The fourth-order valence-corrected chi connectivity index (χ4v) is 12.6. The van der Waals surface area contributed by atoms with Gasteiger partial charge in [-0.15, -0.1) is 21.4 Å². The van der Waals surface area contributed by atoms with E-state index in [0.29, 0.717) is 0 Å². The Morgan fingerprint density at radius 1 is 0.435 bits per heavy atom. The summed E-state index contributed by atoms with van der Waals surface area (Å²) < 4.78 is 2.62. The molecule has 220 valence electrons. The van der Waals surface area contributed by atoms with Crippen LogP contribution >= 0.6 is 33.0 Å². The third-order valence-corrected chi connectivity index (χ3v) is 14.3. The van der Waals surface area contributed by atoms with E-state index >= 15 is 0 Å². The molecule has 1 aromatic heterocycles. The molecule has 0 fully saturated rings. The number of halogens is 1. The Bertz CT molecular complexity index is 2340. The van der Waals surface area contributed by atoms with Crippen molar-refractivity contribution >= 4 is 70.2 Å². The average molecular weight is 646 g/mol. The number of benzene rings is 7. The lowest BCUT2D eigenvalue weighted by atomic mass is 10.0. The van der Waals surface area contributed by atoms with Gasteiger partial charge in [0.15, 0.2) is 0 Å². The molecule has 8 aromatic rings. The van der Waals surface area contributed by atoms with Crippen LogP contribution in [0.4, 0.5) is 17.1 Å². The Balaban J connectivity index is 1.31. The predicted octanol–water partition coefficient (Wildman–Crippen LogP) is 13.5. The summed E-state index contributed by atoms with van der Waals surface area (Å²) in [5.74, 6) is 0. The molecular formula is C42H28ClNS2. The zero-order valence-electron chi connectivity index (χ0n) is 24.8. The molecule has 1 aliphatic heterocycles. The highest BCUT2D eigenvalue weighted by Crippen LogP contribution is 2.80. The van der Waals surface area contributed by atoms with Crippen LogP contribution in [0.2, 0.25) is 5.02 Å². The van der Waals surface area contributed by atoms with Crippen LogP contribution in [0.15, 0.2) is 189 Å². The molecule has 0 saturated heterocycles. The maximum atomic E-state index is 6.80. The Hall–Kier alpha value is -4.80. The zero-order valence-corrected chi connectivity index (χ0v) is 27.2. The minimum absolute atomic E-state index is 0.762. The van der Waals surface area contributed by atoms with Gasteiger partial charge in [0.2, 0.25) is 0 Å². The number of fused-ring (bicyclic) bond motifs is 6. The molecule has 9 rings (SSSR count). The number of rotatable bonds is 5. The molecule has 0 amide bonds. The van der Waals surface area contributed by atoms with Crippen LogP contribution in [-0.4, -0.2) is 0 Å². The van der Waals surface area contributed by atoms with Gasteiger partial charge in [-0.3, -0.25) is 0 Å². The van der Waals surface area contributed by atoms with E-state index in [0.717, 1.165) is 22.1 Å². The molecule has 0 radical (unpaired) electrons. The van der Waals surface area contributed by atoms with Crippen LogP contribution in [0, 0.1) is 0 Å². The van der Waals surface area contributed by atoms with E-state index in [1.165, 1.54) is 50.9 Å². The highest BCUT2D eigenvalue weighted by atomic mass is 35.5. The number of hydrogen-bond donors (Lipinski definition) is 0. The Labute approximate surface area is 279 Å². The van der Waals surface area contributed by atoms with E-state index in [2.05, 4.69) is 169 Å². The van der Waals surface area contributed by atoms with E-state index in [-0.39, 0.29) is 0 Å². The van der Waals surface area contributed by atoms with Crippen molar-refractivity contribution in [2.75, 3.05) is 4.90 Å². The van der Waals surface area contributed by atoms with Gasteiger partial charge in [-0.2, -0.15) is 0 Å². The van der Waals surface area contributed by atoms with E-state index in [1.54, 1.807) is 0 Å². The van der Waals surface area contributed by atoms with Gasteiger partial charge in [0, 0.05) is 61.8 Å². The van der Waals surface area contributed by atoms with Crippen LogP contribution in [0.25, 0.3) is 31.3 Å². The topological polar surface area (TPSA) is 3.24 Å². The van der Waals surface area contributed by atoms with Crippen molar-refractivity contribution in [2.45, 2.75) is 19.6 Å². The molecule has 0 bridgehead atoms. The van der Waals surface area contributed by atoms with Crippen molar-refractivity contribution in [2.24, 2.45) is 0 Å². The number of nitrogens with zero attached hydrogens (tertiary/aromatic N) is 1. The molecular weight excluding hydrogens is 618 g/mol. The first-order chi connectivity index (χ1) is 22.7. The number of hydrogen-bond acceptors (Lipinski definition) is 2. The van der Waals surface area contributed by atoms with Crippen LogP contribution in [0.3, 0.4) is 0 Å². The summed E-state index contributed by atoms with van der Waals surface area (Å²) in [6, 6.07) is 61.8. The third-order valence-electron chi connectivity index (χ3n) is 8.94. The summed E-state index contributed by atoms with van der Waals surface area (Å²) >= 11 is 8.65. The maximum Gasteiger partial charge on any atom is 0.0468 e. The fourth-order valence-electron chi connectivity index (χ4n) is 7.00. The van der Waals surface area contributed by atoms with Gasteiger partial charge in [0.05, 0.1) is 0 Å². The molecule has 0 aliphatic carbocycles. The number of para-hydroxylation sites is 1. The number of anilines is 3. The van der Waals surface area contributed by atoms with Gasteiger partial charge in [-0.05, 0) is 102 Å². The third kappa shape index (κ3) is 4.16. The minimum Gasteiger partial charge on any atom is -0.310 e. The smallest absolute Gasteiger partial charge is 0.0468 e. The molecule has 2 heterocycles. The Kier molecular flexibility index (Phi) is 6.53. The molecule has 0 atom stereocenters. The van der Waals surface area contributed by atoms with Crippen molar-refractivity contribution in [1.29, 1.82) is 0 Å². The van der Waals surface area contributed by atoms with Crippen molar-refractivity contribution in [3.8, 4) is 11.1 Å². The number of thiophene rings is 1. The molecule has 1 aliphatic rings. The average Bonchev–Trinajstić information content (AvgIpc) is 3.62. The van der Waals surface area contributed by atoms with Crippen LogP contribution in [0.1, 0.15) is 0 Å². The maximum absolute atomic E-state index is 6.80. The SMILES string of the molecule is Clc1ccc2c(c1)S(c1ccccc1)(c1ccccc1)c1ccc(N(c3ccccc3)c3ccc4sc5ccccc5c4c3)cc1-2. The zero-order chi connectivity index (χ0) is 30.7. The van der Waals surface area contributed by atoms with Gasteiger partial charge in [-0.1, -0.05) is 90.5 Å². The quantitative estimate of drug-likeness (QED) is 0.180. The van der Waals surface area contributed by atoms with Crippen molar-refractivity contribution < 1.29 is 0 Å². The van der Waals surface area contributed by atoms with Crippen molar-refractivity contribution in [3.63, 3.8) is 0 Å². The second-order valence-electron chi connectivity index (χ2n) is 11.5. The highest BCUT2D eigenvalue weighted by Gasteiger charge is 2.42. The molecule has 4 heteroatoms. The van der Waals surface area contributed by atoms with Crippen molar-refractivity contribution in [1.82, 2.24) is 0 Å². The molecule has 0 spiro atoms. The van der Waals surface area contributed by atoms with E-state index in [4.69, 9.17) is 11.6 Å². The lowest BCUT2D eigenvalue weighted by Crippen LogP contribution is -2.10. The normalized spacial score (nSPS) is 13.8. The van der Waals surface area contributed by atoms with Gasteiger partial charge in [-0.25, -0.2) is 0 Å². The van der Waals surface area contributed by atoms with Crippen LogP contribution in [0.5, 0.6) is 0 Å². The highest BCUT2D eigenvalue weighted by molar-refractivity contribution is 8.34. The second-order valence-corrected chi connectivity index (χ2v) is 16.1. The first kappa shape index (κ1) is 27.5. The summed E-state index contributed by atoms with van der Waals surface area (Å²) in [4.78, 5) is 7.65. The summed E-state index contributed by atoms with van der Waals surface area (Å²) in [5.41, 5.74) is 5.90. The molecule has 0 saturated carbocycles. The van der Waals surface area contributed by atoms with Gasteiger partial charge in [0.1, 0.15) is 0 Å². The summed E-state index contributed by atoms with van der Waals surface area (Å²) in [7, 11) is -1.78. The lowest BCUT2D eigenvalue weighted by molar-refractivity contribution is 1.26. The summed E-state index contributed by atoms with van der Waals surface area (Å²) in [6.45, 7) is 0. The van der Waals surface area contributed by atoms with Crippen LogP contribution in [-0.2, 0) is 0 Å². The first-order valence-electron chi connectivity index (χ1n) is 15.4. The van der Waals surface area contributed by atoms with Gasteiger partial charge < -0.3 is 4.90 Å². The minimum atomic E-state index is -1.78. The Morgan fingerprint density at radius 2 is 1.04 bits per heavy atom. The van der Waals surface area contributed by atoms with Gasteiger partial charge >= 0.3 is 0 Å². The largest absolute Gasteiger partial charge is 0.310 e. The standard InChI is InChI=1S/C42H28ClNS2/c43-29-20-23-36-38-28-32(22-25-41(38)46(42(36)26-29,33-14-6-2-7-15-33)34-16-8-3-9-17-34)44(30-12-4-1-5-13-30)31-21-24-40-37(27-31)35-18-10-11-19-39(35)45-40/h1-28H. The van der Waals surface area contributed by atoms with E-state index in [1.807, 2.05) is 17.4 Å². The van der Waals surface area contributed by atoms with Crippen molar-refractivity contribution in [3.05, 3.63) is 175 Å². The fraction of sp³-hybridized carbons (Fsp3) is 0. The molecule has 0 unspecified atom stereocenters. The monoisotopic (exact) mass is 645 g/mol. The van der Waals surface area contributed by atoms with Gasteiger partial charge in [0.25, 0.3) is 0 Å². The molecule has 0 N–H and O–H groups in total.